The van der Waals surface area contributed by atoms with Gasteiger partial charge in [0.25, 0.3) is 0 Å². The van der Waals surface area contributed by atoms with Crippen molar-refractivity contribution in [2.75, 3.05) is 11.5 Å². The van der Waals surface area contributed by atoms with Crippen LogP contribution in [-0.4, -0.2) is 0 Å². The summed E-state index contributed by atoms with van der Waals surface area (Å²) in [5.41, 5.74) is 15.9. The Morgan fingerprint density at radius 3 is 1.24 bits per heavy atom. The minimum Gasteiger partial charge on any atom is -0.457 e. The molecule has 0 radical (unpaired) electrons. The number of hydrogen-bond acceptors (Lipinski definition) is 4. The number of nitrogen functional groups attached to an aromatic ring is 2. The SMILES string of the molecule is CCCCCCCCCCCCC1CCC(c2ccc(Oc3ccc(N)cc3)cc2)(c2ccc(Oc3ccc(N)cc3)cc2)CC1. The molecule has 1 aliphatic rings. The molecule has 4 nitrogen and oxygen atoms in total. The predicted molar refractivity (Wildman–Crippen MR) is 194 cm³/mol. The van der Waals surface area contributed by atoms with Crippen LogP contribution in [-0.2, 0) is 5.41 Å². The lowest BCUT2D eigenvalue weighted by Gasteiger charge is -2.41. The molecule has 4 aromatic rings. The van der Waals surface area contributed by atoms with E-state index < -0.39 is 0 Å². The molecule has 0 aliphatic heterocycles. The van der Waals surface area contributed by atoms with Crippen molar-refractivity contribution in [3.05, 3.63) is 108 Å². The number of anilines is 2. The first kappa shape index (κ1) is 33.4. The normalized spacial score (nSPS) is 14.6. The summed E-state index contributed by atoms with van der Waals surface area (Å²) in [6, 6.07) is 32.7. The average molecular weight is 619 g/mol. The third-order valence-corrected chi connectivity index (χ3v) is 9.97. The predicted octanol–water partition coefficient (Wildman–Crippen LogP) is 12.2. The van der Waals surface area contributed by atoms with Gasteiger partial charge in [-0.1, -0.05) is 102 Å². The smallest absolute Gasteiger partial charge is 0.127 e. The molecule has 1 saturated carbocycles. The van der Waals surface area contributed by atoms with E-state index in [2.05, 4.69) is 55.5 Å². The van der Waals surface area contributed by atoms with Crippen LogP contribution in [0, 0.1) is 5.92 Å². The second kappa shape index (κ2) is 17.1. The highest BCUT2D eigenvalue weighted by molar-refractivity contribution is 5.47. The standard InChI is InChI=1S/C42H54N2O2/c1-2-3-4-5-6-7-8-9-10-11-12-33-29-31-42(32-30-33,34-13-21-38(22-14-34)45-40-25-17-36(43)18-26-40)35-15-23-39(24-16-35)46-41-27-19-37(44)20-28-41/h13-28,33H,2-12,29-32,43-44H2,1H3. The van der Waals surface area contributed by atoms with Gasteiger partial charge in [-0.15, -0.1) is 0 Å². The zero-order valence-corrected chi connectivity index (χ0v) is 27.9. The number of rotatable bonds is 17. The van der Waals surface area contributed by atoms with Crippen molar-refractivity contribution in [3.8, 4) is 23.0 Å². The molecular formula is C42H54N2O2. The van der Waals surface area contributed by atoms with Gasteiger partial charge in [0.15, 0.2) is 0 Å². The highest BCUT2D eigenvalue weighted by atomic mass is 16.5. The third-order valence-electron chi connectivity index (χ3n) is 9.97. The first-order chi connectivity index (χ1) is 22.5. The van der Waals surface area contributed by atoms with Gasteiger partial charge in [-0.3, -0.25) is 0 Å². The van der Waals surface area contributed by atoms with Crippen LogP contribution >= 0.6 is 0 Å². The molecule has 0 heterocycles. The maximum absolute atomic E-state index is 6.13. The maximum Gasteiger partial charge on any atom is 0.127 e. The summed E-state index contributed by atoms with van der Waals surface area (Å²) in [5.74, 6) is 4.08. The number of unbranched alkanes of at least 4 members (excludes halogenated alkanes) is 9. The molecule has 4 aromatic carbocycles. The van der Waals surface area contributed by atoms with Crippen molar-refractivity contribution >= 4 is 11.4 Å². The second-order valence-electron chi connectivity index (χ2n) is 13.4. The molecule has 1 aliphatic carbocycles. The Labute approximate surface area is 277 Å². The van der Waals surface area contributed by atoms with Gasteiger partial charge in [0.05, 0.1) is 0 Å². The lowest BCUT2D eigenvalue weighted by atomic mass is 9.62. The van der Waals surface area contributed by atoms with Gasteiger partial charge >= 0.3 is 0 Å². The van der Waals surface area contributed by atoms with E-state index in [0.717, 1.165) is 53.1 Å². The average Bonchev–Trinajstić information content (AvgIpc) is 3.09. The summed E-state index contributed by atoms with van der Waals surface area (Å²) in [7, 11) is 0. The van der Waals surface area contributed by atoms with E-state index in [0.29, 0.717) is 0 Å². The molecule has 1 fully saturated rings. The molecule has 46 heavy (non-hydrogen) atoms. The van der Waals surface area contributed by atoms with Gasteiger partial charge in [0.1, 0.15) is 23.0 Å². The third kappa shape index (κ3) is 9.55. The second-order valence-corrected chi connectivity index (χ2v) is 13.4. The molecule has 0 saturated heterocycles. The van der Waals surface area contributed by atoms with Crippen molar-refractivity contribution in [3.63, 3.8) is 0 Å². The van der Waals surface area contributed by atoms with Crippen LogP contribution in [0.4, 0.5) is 11.4 Å². The van der Waals surface area contributed by atoms with Crippen molar-refractivity contribution in [1.29, 1.82) is 0 Å². The van der Waals surface area contributed by atoms with Crippen LogP contribution in [0.5, 0.6) is 23.0 Å². The van der Waals surface area contributed by atoms with E-state index in [4.69, 9.17) is 20.9 Å². The zero-order chi connectivity index (χ0) is 32.0. The fourth-order valence-electron chi connectivity index (χ4n) is 7.15. The Bertz CT molecular complexity index is 1330. The van der Waals surface area contributed by atoms with E-state index in [9.17, 15) is 0 Å². The fourth-order valence-corrected chi connectivity index (χ4v) is 7.15. The van der Waals surface area contributed by atoms with Crippen LogP contribution in [0.15, 0.2) is 97.1 Å². The van der Waals surface area contributed by atoms with Gasteiger partial charge in [0.2, 0.25) is 0 Å². The molecule has 0 amide bonds. The largest absolute Gasteiger partial charge is 0.457 e. The Morgan fingerprint density at radius 2 is 0.848 bits per heavy atom. The molecule has 0 atom stereocenters. The van der Waals surface area contributed by atoms with Crippen molar-refractivity contribution in [1.82, 2.24) is 0 Å². The Hall–Kier alpha value is -3.92. The van der Waals surface area contributed by atoms with E-state index in [1.165, 1.54) is 94.6 Å². The number of benzene rings is 4. The topological polar surface area (TPSA) is 70.5 Å². The van der Waals surface area contributed by atoms with Gasteiger partial charge < -0.3 is 20.9 Å². The van der Waals surface area contributed by atoms with E-state index in [-0.39, 0.29) is 5.41 Å². The first-order valence-corrected chi connectivity index (χ1v) is 17.8. The van der Waals surface area contributed by atoms with Crippen LogP contribution in [0.3, 0.4) is 0 Å². The Kier molecular flexibility index (Phi) is 12.4. The summed E-state index contributed by atoms with van der Waals surface area (Å²) in [4.78, 5) is 0. The highest BCUT2D eigenvalue weighted by Gasteiger charge is 2.38. The zero-order valence-electron chi connectivity index (χ0n) is 27.9. The molecule has 244 valence electrons. The molecule has 4 N–H and O–H groups in total. The van der Waals surface area contributed by atoms with E-state index in [1.807, 2.05) is 48.5 Å². The lowest BCUT2D eigenvalue weighted by Crippen LogP contribution is -2.33. The molecule has 5 rings (SSSR count). The monoisotopic (exact) mass is 618 g/mol. The van der Waals surface area contributed by atoms with Crippen LogP contribution in [0.25, 0.3) is 0 Å². The molecule has 0 unspecified atom stereocenters. The van der Waals surface area contributed by atoms with Gasteiger partial charge in [-0.2, -0.15) is 0 Å². The Morgan fingerprint density at radius 1 is 0.500 bits per heavy atom. The summed E-state index contributed by atoms with van der Waals surface area (Å²) in [6.07, 6.45) is 20.2. The lowest BCUT2D eigenvalue weighted by molar-refractivity contribution is 0.250. The van der Waals surface area contributed by atoms with Crippen molar-refractivity contribution < 1.29 is 9.47 Å². The highest BCUT2D eigenvalue weighted by Crippen LogP contribution is 2.48. The summed E-state index contributed by atoms with van der Waals surface area (Å²) in [5, 5.41) is 0. The quantitative estimate of drug-likeness (QED) is 0.0912. The van der Waals surface area contributed by atoms with Crippen LogP contribution in [0.2, 0.25) is 0 Å². The number of nitrogens with two attached hydrogens (primary N) is 2. The minimum absolute atomic E-state index is 0.0201. The maximum atomic E-state index is 6.13. The van der Waals surface area contributed by atoms with E-state index in [1.54, 1.807) is 0 Å². The summed E-state index contributed by atoms with van der Waals surface area (Å²) >= 11 is 0. The van der Waals surface area contributed by atoms with Crippen molar-refractivity contribution in [2.45, 2.75) is 109 Å². The molecule has 0 bridgehead atoms. The summed E-state index contributed by atoms with van der Waals surface area (Å²) in [6.45, 7) is 2.29. The van der Waals surface area contributed by atoms with Gasteiger partial charge in [-0.05, 0) is 116 Å². The van der Waals surface area contributed by atoms with Gasteiger partial charge in [0, 0.05) is 16.8 Å². The first-order valence-electron chi connectivity index (χ1n) is 17.8. The van der Waals surface area contributed by atoms with Crippen molar-refractivity contribution in [2.24, 2.45) is 5.92 Å². The molecule has 0 spiro atoms. The fraction of sp³-hybridized carbons (Fsp3) is 0.429. The van der Waals surface area contributed by atoms with Crippen LogP contribution < -0.4 is 20.9 Å². The van der Waals surface area contributed by atoms with Gasteiger partial charge in [-0.25, -0.2) is 0 Å². The molecular weight excluding hydrogens is 564 g/mol. The van der Waals surface area contributed by atoms with E-state index >= 15 is 0 Å². The minimum atomic E-state index is -0.0201. The molecule has 0 aromatic heterocycles. The van der Waals surface area contributed by atoms with Crippen LogP contribution in [0.1, 0.15) is 114 Å². The number of hydrogen-bond donors (Lipinski definition) is 2. The summed E-state index contributed by atoms with van der Waals surface area (Å²) < 4.78 is 12.3. The number of ether oxygens (including phenoxy) is 2. The molecule has 4 heteroatoms. The Balaban J connectivity index is 1.21.